The Bertz CT molecular complexity index is 1090. The molecule has 0 unspecified atom stereocenters. The first-order chi connectivity index (χ1) is 13.3. The molecule has 0 bridgehead atoms. The Morgan fingerprint density at radius 2 is 1.96 bits per heavy atom. The first kappa shape index (κ1) is 19.0. The topological polar surface area (TPSA) is 164 Å². The van der Waals surface area contributed by atoms with Crippen molar-refractivity contribution in [3.63, 3.8) is 0 Å². The van der Waals surface area contributed by atoms with Gasteiger partial charge in [0.15, 0.2) is 16.9 Å². The summed E-state index contributed by atoms with van der Waals surface area (Å²) in [6, 6.07) is 6.68. The van der Waals surface area contributed by atoms with E-state index in [1.807, 2.05) is 0 Å². The number of carbonyl (C=O) groups is 2. The summed E-state index contributed by atoms with van der Waals surface area (Å²) in [4.78, 5) is 49.4. The Morgan fingerprint density at radius 1 is 1.25 bits per heavy atom. The number of H-pyrrole nitrogens is 1. The molecule has 10 nitrogen and oxygen atoms in total. The number of ketones is 1. The molecule has 2 aromatic heterocycles. The standard InChI is InChI=1S/C18H18N6O4/c1-9(17(27)28)6-13(25)10-2-4-11(5-3-10)20-7-12-8-21-15-14(22-12)16(26)24-18(19)23-15/h2-5,8-9,20H,6-7H2,1H3,(H,27,28)(H3,19,21,23,24,26)/t9-/m1/s1. The van der Waals surface area contributed by atoms with E-state index in [2.05, 4.69) is 25.3 Å². The summed E-state index contributed by atoms with van der Waals surface area (Å²) in [6.07, 6.45) is 1.44. The third-order valence-electron chi connectivity index (χ3n) is 4.08. The molecular weight excluding hydrogens is 364 g/mol. The van der Waals surface area contributed by atoms with Crippen LogP contribution in [-0.2, 0) is 11.3 Å². The molecule has 1 atom stereocenters. The predicted molar refractivity (Wildman–Crippen MR) is 102 cm³/mol. The van der Waals surface area contributed by atoms with Crippen molar-refractivity contribution in [3.8, 4) is 0 Å². The molecule has 0 fully saturated rings. The van der Waals surface area contributed by atoms with Gasteiger partial charge in [-0.2, -0.15) is 4.98 Å². The average molecular weight is 382 g/mol. The molecule has 3 rings (SSSR count). The molecule has 28 heavy (non-hydrogen) atoms. The second kappa shape index (κ2) is 7.82. The van der Waals surface area contributed by atoms with Crippen LogP contribution in [0.15, 0.2) is 35.3 Å². The predicted octanol–water partition coefficient (Wildman–Crippen LogP) is 1.20. The number of Topliss-reactive ketones (excluding diaryl/α,β-unsaturated/α-hetero) is 1. The highest BCUT2D eigenvalue weighted by Crippen LogP contribution is 2.15. The molecule has 2 heterocycles. The molecule has 0 amide bonds. The zero-order chi connectivity index (χ0) is 20.3. The van der Waals surface area contributed by atoms with Gasteiger partial charge < -0.3 is 16.2 Å². The lowest BCUT2D eigenvalue weighted by atomic mass is 10.00. The highest BCUT2D eigenvalue weighted by molar-refractivity contribution is 5.98. The molecular formula is C18H18N6O4. The van der Waals surface area contributed by atoms with Gasteiger partial charge in [-0.25, -0.2) is 9.97 Å². The summed E-state index contributed by atoms with van der Waals surface area (Å²) >= 11 is 0. The molecule has 0 aliphatic heterocycles. The van der Waals surface area contributed by atoms with E-state index >= 15 is 0 Å². The largest absolute Gasteiger partial charge is 0.481 e. The molecule has 3 aromatic rings. The Hall–Kier alpha value is -3.82. The van der Waals surface area contributed by atoms with Crippen LogP contribution in [0.3, 0.4) is 0 Å². The van der Waals surface area contributed by atoms with Crippen LogP contribution in [0.1, 0.15) is 29.4 Å². The van der Waals surface area contributed by atoms with Gasteiger partial charge in [0.1, 0.15) is 0 Å². The summed E-state index contributed by atoms with van der Waals surface area (Å²) in [5.41, 5.74) is 6.98. The summed E-state index contributed by atoms with van der Waals surface area (Å²) < 4.78 is 0. The van der Waals surface area contributed by atoms with Crippen molar-refractivity contribution in [3.05, 3.63) is 52.1 Å². The number of nitrogens with zero attached hydrogens (tertiary/aromatic N) is 3. The third kappa shape index (κ3) is 4.29. The number of benzene rings is 1. The number of anilines is 2. The number of hydrogen-bond acceptors (Lipinski definition) is 8. The Morgan fingerprint density at radius 3 is 2.64 bits per heavy atom. The molecule has 0 spiro atoms. The fraction of sp³-hybridized carbons (Fsp3) is 0.222. The Labute approximate surface area is 158 Å². The van der Waals surface area contributed by atoms with E-state index in [0.29, 0.717) is 17.8 Å². The molecule has 1 aromatic carbocycles. The van der Waals surface area contributed by atoms with E-state index in [-0.39, 0.29) is 29.3 Å². The lowest BCUT2D eigenvalue weighted by Gasteiger charge is -2.08. The minimum Gasteiger partial charge on any atom is -0.481 e. The molecule has 0 aliphatic carbocycles. The monoisotopic (exact) mass is 382 g/mol. The van der Waals surface area contributed by atoms with Crippen molar-refractivity contribution < 1.29 is 14.7 Å². The van der Waals surface area contributed by atoms with Gasteiger partial charge in [0.25, 0.3) is 5.56 Å². The van der Waals surface area contributed by atoms with Gasteiger partial charge in [-0.15, -0.1) is 0 Å². The Balaban J connectivity index is 1.66. The first-order valence-corrected chi connectivity index (χ1v) is 8.45. The SMILES string of the molecule is C[C@H](CC(=O)c1ccc(NCc2cnc3nc(N)[nH]c(=O)c3n2)cc1)C(=O)O. The van der Waals surface area contributed by atoms with Crippen molar-refractivity contribution in [1.29, 1.82) is 0 Å². The summed E-state index contributed by atoms with van der Waals surface area (Å²) in [7, 11) is 0. The van der Waals surface area contributed by atoms with Crippen LogP contribution in [-0.4, -0.2) is 36.8 Å². The summed E-state index contributed by atoms with van der Waals surface area (Å²) in [6.45, 7) is 1.80. The number of carbonyl (C=O) groups excluding carboxylic acids is 1. The molecule has 0 radical (unpaired) electrons. The van der Waals surface area contributed by atoms with E-state index < -0.39 is 17.4 Å². The van der Waals surface area contributed by atoms with Crippen LogP contribution in [0.2, 0.25) is 0 Å². The zero-order valence-electron chi connectivity index (χ0n) is 15.0. The van der Waals surface area contributed by atoms with Crippen molar-refractivity contribution in [2.24, 2.45) is 5.92 Å². The summed E-state index contributed by atoms with van der Waals surface area (Å²) in [5, 5.41) is 12.0. The number of aromatic amines is 1. The van der Waals surface area contributed by atoms with E-state index in [1.54, 1.807) is 24.3 Å². The number of aliphatic carboxylic acids is 1. The van der Waals surface area contributed by atoms with Crippen molar-refractivity contribution in [2.45, 2.75) is 19.9 Å². The lowest BCUT2D eigenvalue weighted by molar-refractivity contribution is -0.141. The number of carboxylic acids is 1. The van der Waals surface area contributed by atoms with Crippen LogP contribution in [0.25, 0.3) is 11.2 Å². The maximum atomic E-state index is 12.1. The number of nitrogens with one attached hydrogen (secondary N) is 2. The van der Waals surface area contributed by atoms with Crippen LogP contribution >= 0.6 is 0 Å². The molecule has 5 N–H and O–H groups in total. The number of fused-ring (bicyclic) bond motifs is 1. The maximum Gasteiger partial charge on any atom is 0.306 e. The number of rotatable bonds is 7. The van der Waals surface area contributed by atoms with Gasteiger partial charge in [-0.05, 0) is 24.3 Å². The molecule has 10 heteroatoms. The fourth-order valence-corrected chi connectivity index (χ4v) is 2.51. The Kier molecular flexibility index (Phi) is 5.30. The quantitative estimate of drug-likeness (QED) is 0.439. The fourth-order valence-electron chi connectivity index (χ4n) is 2.51. The van der Waals surface area contributed by atoms with Gasteiger partial charge in [-0.1, -0.05) is 6.92 Å². The van der Waals surface area contributed by atoms with E-state index in [9.17, 15) is 14.4 Å². The maximum absolute atomic E-state index is 12.1. The number of hydrogen-bond donors (Lipinski definition) is 4. The number of carboxylic acid groups (broad SMARTS) is 1. The highest BCUT2D eigenvalue weighted by Gasteiger charge is 2.17. The van der Waals surface area contributed by atoms with Crippen molar-refractivity contribution in [2.75, 3.05) is 11.1 Å². The van der Waals surface area contributed by atoms with Gasteiger partial charge in [0.05, 0.1) is 24.4 Å². The van der Waals surface area contributed by atoms with Crippen molar-refractivity contribution in [1.82, 2.24) is 19.9 Å². The van der Waals surface area contributed by atoms with Crippen LogP contribution in [0.5, 0.6) is 0 Å². The van der Waals surface area contributed by atoms with E-state index in [0.717, 1.165) is 5.69 Å². The van der Waals surface area contributed by atoms with Crippen LogP contribution in [0, 0.1) is 5.92 Å². The molecule has 0 saturated heterocycles. The smallest absolute Gasteiger partial charge is 0.306 e. The number of aromatic nitrogens is 4. The second-order valence-electron chi connectivity index (χ2n) is 6.28. The minimum absolute atomic E-state index is 0.0231. The molecule has 144 valence electrons. The van der Waals surface area contributed by atoms with E-state index in [4.69, 9.17) is 10.8 Å². The van der Waals surface area contributed by atoms with Crippen molar-refractivity contribution >= 4 is 34.6 Å². The third-order valence-corrected chi connectivity index (χ3v) is 4.08. The highest BCUT2D eigenvalue weighted by atomic mass is 16.4. The number of nitrogen functional groups attached to an aromatic ring is 1. The van der Waals surface area contributed by atoms with Gasteiger partial charge >= 0.3 is 5.97 Å². The summed E-state index contributed by atoms with van der Waals surface area (Å²) in [5.74, 6) is -1.98. The minimum atomic E-state index is -1.00. The average Bonchev–Trinajstić information content (AvgIpc) is 2.66. The second-order valence-corrected chi connectivity index (χ2v) is 6.28. The van der Waals surface area contributed by atoms with Gasteiger partial charge in [0, 0.05) is 17.7 Å². The number of nitrogens with two attached hydrogens (primary N) is 1. The first-order valence-electron chi connectivity index (χ1n) is 8.45. The van der Waals surface area contributed by atoms with Crippen LogP contribution in [0.4, 0.5) is 11.6 Å². The van der Waals surface area contributed by atoms with Gasteiger partial charge in [-0.3, -0.25) is 19.4 Å². The molecule has 0 saturated carbocycles. The van der Waals surface area contributed by atoms with E-state index in [1.165, 1.54) is 13.1 Å². The lowest BCUT2D eigenvalue weighted by Crippen LogP contribution is -2.15. The molecule has 0 aliphatic rings. The normalized spacial score (nSPS) is 11.9. The zero-order valence-corrected chi connectivity index (χ0v) is 15.0. The van der Waals surface area contributed by atoms with Gasteiger partial charge in [0.2, 0.25) is 5.95 Å². The van der Waals surface area contributed by atoms with Crippen LogP contribution < -0.4 is 16.6 Å².